The molecule has 1 aliphatic carbocycles. The second-order valence-electron chi connectivity index (χ2n) is 5.49. The van der Waals surface area contributed by atoms with Crippen LogP contribution in [0, 0.1) is 11.3 Å². The summed E-state index contributed by atoms with van der Waals surface area (Å²) in [6, 6.07) is 9.85. The van der Waals surface area contributed by atoms with Gasteiger partial charge in [-0.1, -0.05) is 23.7 Å². The van der Waals surface area contributed by atoms with Crippen LogP contribution >= 0.6 is 22.9 Å². The van der Waals surface area contributed by atoms with Gasteiger partial charge in [-0.2, -0.15) is 5.26 Å². The van der Waals surface area contributed by atoms with Gasteiger partial charge in [0.15, 0.2) is 0 Å². The van der Waals surface area contributed by atoms with Gasteiger partial charge in [0, 0.05) is 16.3 Å². The predicted octanol–water partition coefficient (Wildman–Crippen LogP) is 3.03. The minimum absolute atomic E-state index is 0.428. The Hall–Kier alpha value is -2.03. The van der Waals surface area contributed by atoms with Crippen molar-refractivity contribution in [1.82, 2.24) is 0 Å². The van der Waals surface area contributed by atoms with Crippen molar-refractivity contribution in [3.05, 3.63) is 50.9 Å². The molecule has 4 N–H and O–H groups in total. The van der Waals surface area contributed by atoms with Crippen LogP contribution in [0.4, 0.5) is 5.00 Å². The first kappa shape index (κ1) is 14.9. The fourth-order valence-corrected chi connectivity index (χ4v) is 4.53. The lowest BCUT2D eigenvalue weighted by Crippen LogP contribution is -2.32. The van der Waals surface area contributed by atoms with E-state index >= 15 is 0 Å². The zero-order valence-corrected chi connectivity index (χ0v) is 13.3. The molecule has 0 fully saturated rings. The number of benzene rings is 1. The maximum atomic E-state index is 11.6. The lowest BCUT2D eigenvalue weighted by Gasteiger charge is -2.31. The summed E-state index contributed by atoms with van der Waals surface area (Å²) >= 11 is 7.42. The van der Waals surface area contributed by atoms with Crippen LogP contribution in [0.25, 0.3) is 0 Å². The minimum Gasteiger partial charge on any atom is -0.390 e. The highest BCUT2D eigenvalue weighted by Gasteiger charge is 2.39. The molecule has 0 aliphatic heterocycles. The van der Waals surface area contributed by atoms with Gasteiger partial charge in [-0.05, 0) is 36.1 Å². The molecule has 0 saturated carbocycles. The number of thiophene rings is 1. The number of rotatable bonds is 2. The summed E-state index contributed by atoms with van der Waals surface area (Å²) in [5.74, 6) is -0.498. The third-order valence-electron chi connectivity index (χ3n) is 4.22. The number of halogens is 1. The van der Waals surface area contributed by atoms with Crippen LogP contribution in [0.3, 0.4) is 0 Å². The highest BCUT2D eigenvalue weighted by Crippen LogP contribution is 2.44. The van der Waals surface area contributed by atoms with E-state index in [0.29, 0.717) is 34.8 Å². The number of amides is 1. The first-order valence-corrected chi connectivity index (χ1v) is 8.03. The number of nitriles is 1. The zero-order chi connectivity index (χ0) is 15.9. The molecule has 1 aromatic carbocycles. The van der Waals surface area contributed by atoms with E-state index in [0.717, 1.165) is 16.0 Å². The molecule has 1 aliphatic rings. The smallest absolute Gasteiger partial charge is 0.251 e. The second kappa shape index (κ2) is 5.31. The van der Waals surface area contributed by atoms with Crippen molar-refractivity contribution in [2.75, 3.05) is 5.73 Å². The topological polar surface area (TPSA) is 92.9 Å². The number of primary amides is 1. The van der Waals surface area contributed by atoms with Crippen molar-refractivity contribution in [3.63, 3.8) is 0 Å². The van der Waals surface area contributed by atoms with E-state index in [1.165, 1.54) is 11.3 Å². The first-order chi connectivity index (χ1) is 10.5. The van der Waals surface area contributed by atoms with Crippen molar-refractivity contribution < 1.29 is 4.79 Å². The molecular formula is C16H14ClN3OS. The molecule has 0 radical (unpaired) electrons. The number of hydrogen-bond donors (Lipinski definition) is 2. The average molecular weight is 332 g/mol. The number of nitrogen functional groups attached to an aromatic ring is 1. The summed E-state index contributed by atoms with van der Waals surface area (Å²) in [5, 5.41) is 10.8. The van der Waals surface area contributed by atoms with Crippen LogP contribution < -0.4 is 11.5 Å². The molecule has 3 rings (SSSR count). The summed E-state index contributed by atoms with van der Waals surface area (Å²) in [7, 11) is 0. The highest BCUT2D eigenvalue weighted by atomic mass is 35.5. The van der Waals surface area contributed by atoms with Gasteiger partial charge in [0.25, 0.3) is 5.91 Å². The van der Waals surface area contributed by atoms with E-state index in [1.54, 1.807) is 6.07 Å². The Kier molecular flexibility index (Phi) is 3.59. The minimum atomic E-state index is -0.635. The number of fused-ring (bicyclic) bond motifs is 1. The Morgan fingerprint density at radius 2 is 2.23 bits per heavy atom. The van der Waals surface area contributed by atoms with E-state index in [1.807, 2.05) is 18.2 Å². The molecule has 1 aromatic heterocycles. The van der Waals surface area contributed by atoms with E-state index in [9.17, 15) is 10.1 Å². The molecular weight excluding hydrogens is 318 g/mol. The van der Waals surface area contributed by atoms with E-state index < -0.39 is 11.3 Å². The summed E-state index contributed by atoms with van der Waals surface area (Å²) in [6.07, 6.45) is 1.76. The Morgan fingerprint density at radius 3 is 2.86 bits per heavy atom. The third-order valence-corrected chi connectivity index (χ3v) is 5.52. The normalized spacial score (nSPS) is 20.2. The Balaban J connectivity index is 2.08. The summed E-state index contributed by atoms with van der Waals surface area (Å²) in [6.45, 7) is 0. The Morgan fingerprint density at radius 1 is 1.45 bits per heavy atom. The van der Waals surface area contributed by atoms with Gasteiger partial charge < -0.3 is 11.5 Å². The molecule has 0 spiro atoms. The molecule has 1 atom stereocenters. The Bertz CT molecular complexity index is 808. The summed E-state index contributed by atoms with van der Waals surface area (Å²) in [4.78, 5) is 12.5. The molecule has 6 heteroatoms. The summed E-state index contributed by atoms with van der Waals surface area (Å²) in [5.41, 5.74) is 13.0. The van der Waals surface area contributed by atoms with Crippen LogP contribution in [0.2, 0.25) is 5.02 Å². The number of hydrogen-bond acceptors (Lipinski definition) is 4. The van der Waals surface area contributed by atoms with Gasteiger partial charge in [0.05, 0.1) is 22.0 Å². The number of anilines is 1. The third kappa shape index (κ3) is 2.25. The average Bonchev–Trinajstić information content (AvgIpc) is 2.81. The van der Waals surface area contributed by atoms with E-state index in [2.05, 4.69) is 6.07 Å². The van der Waals surface area contributed by atoms with Crippen molar-refractivity contribution in [1.29, 1.82) is 5.26 Å². The Labute approximate surface area is 137 Å². The molecule has 2 aromatic rings. The van der Waals surface area contributed by atoms with Gasteiger partial charge in [0.2, 0.25) is 0 Å². The van der Waals surface area contributed by atoms with Crippen LogP contribution in [0.1, 0.15) is 32.8 Å². The van der Waals surface area contributed by atoms with Gasteiger partial charge >= 0.3 is 0 Å². The van der Waals surface area contributed by atoms with Gasteiger partial charge in [-0.15, -0.1) is 11.3 Å². The number of nitrogens with zero attached hydrogens (tertiary/aromatic N) is 1. The van der Waals surface area contributed by atoms with Crippen molar-refractivity contribution in [2.45, 2.75) is 24.7 Å². The zero-order valence-electron chi connectivity index (χ0n) is 11.7. The maximum absolute atomic E-state index is 11.6. The van der Waals surface area contributed by atoms with Crippen LogP contribution in [-0.4, -0.2) is 5.91 Å². The molecule has 0 bridgehead atoms. The maximum Gasteiger partial charge on any atom is 0.251 e. The molecule has 1 unspecified atom stereocenters. The van der Waals surface area contributed by atoms with E-state index in [4.69, 9.17) is 23.1 Å². The molecule has 1 amide bonds. The van der Waals surface area contributed by atoms with E-state index in [-0.39, 0.29) is 0 Å². The lowest BCUT2D eigenvalue weighted by molar-refractivity contribution is 0.100. The number of nitrogens with two attached hydrogens (primary N) is 2. The van der Waals surface area contributed by atoms with Crippen molar-refractivity contribution in [3.8, 4) is 6.07 Å². The van der Waals surface area contributed by atoms with Gasteiger partial charge in [-0.25, -0.2) is 0 Å². The quantitative estimate of drug-likeness (QED) is 0.885. The number of carbonyl (C=O) groups excluding carboxylic acids is 1. The molecule has 1 heterocycles. The highest BCUT2D eigenvalue weighted by molar-refractivity contribution is 7.16. The van der Waals surface area contributed by atoms with Crippen molar-refractivity contribution in [2.24, 2.45) is 5.73 Å². The molecule has 22 heavy (non-hydrogen) atoms. The molecule has 112 valence electrons. The van der Waals surface area contributed by atoms with Crippen LogP contribution in [0.5, 0.6) is 0 Å². The van der Waals surface area contributed by atoms with Crippen molar-refractivity contribution >= 4 is 33.8 Å². The fraction of sp³-hybridized carbons (Fsp3) is 0.250. The number of carbonyl (C=O) groups is 1. The SMILES string of the molecule is N#CC1(c2cccc(Cl)c2)CCc2c(sc(N)c2C(N)=O)C1. The largest absolute Gasteiger partial charge is 0.390 e. The molecule has 0 saturated heterocycles. The van der Waals surface area contributed by atoms with Gasteiger partial charge in [0.1, 0.15) is 0 Å². The second-order valence-corrected chi connectivity index (χ2v) is 7.06. The predicted molar refractivity (Wildman–Crippen MR) is 88.0 cm³/mol. The standard InChI is InChI=1S/C16H14ClN3OS/c17-10-3-1-2-9(6-10)16(8-18)5-4-11-12(7-16)22-15(20)13(11)14(19)21/h1-3,6H,4-5,7,20H2,(H2,19,21). The molecule has 4 nitrogen and oxygen atoms in total. The summed E-state index contributed by atoms with van der Waals surface area (Å²) < 4.78 is 0. The lowest BCUT2D eigenvalue weighted by atomic mass is 9.70. The van der Waals surface area contributed by atoms with Gasteiger partial charge in [-0.3, -0.25) is 4.79 Å². The monoisotopic (exact) mass is 331 g/mol. The fourth-order valence-electron chi connectivity index (χ4n) is 3.10. The van der Waals surface area contributed by atoms with Crippen LogP contribution in [0.15, 0.2) is 24.3 Å². The van der Waals surface area contributed by atoms with Crippen LogP contribution in [-0.2, 0) is 18.3 Å². The first-order valence-electron chi connectivity index (χ1n) is 6.84.